The molecule has 0 bridgehead atoms. The van der Waals surface area contributed by atoms with Gasteiger partial charge in [-0.1, -0.05) is 18.2 Å². The van der Waals surface area contributed by atoms with E-state index in [1.807, 2.05) is 30.3 Å². The Morgan fingerprint density at radius 3 is 2.57 bits per heavy atom. The van der Waals surface area contributed by atoms with Crippen LogP contribution in [0, 0.1) is 5.92 Å². The van der Waals surface area contributed by atoms with Crippen molar-refractivity contribution in [3.8, 4) is 5.75 Å². The van der Waals surface area contributed by atoms with Crippen molar-refractivity contribution >= 4 is 11.9 Å². The molecule has 6 heteroatoms. The Labute approximate surface area is 123 Å². The lowest BCUT2D eigenvalue weighted by atomic mass is 10.2. The highest BCUT2D eigenvalue weighted by Gasteiger charge is 2.37. The van der Waals surface area contributed by atoms with Crippen LogP contribution in [-0.2, 0) is 14.3 Å². The highest BCUT2D eigenvalue weighted by molar-refractivity contribution is 5.84. The number of carbonyl (C=O) groups excluding carboxylic acids is 1. The number of amides is 1. The summed E-state index contributed by atoms with van der Waals surface area (Å²) in [6.07, 6.45) is 1.70. The zero-order chi connectivity index (χ0) is 15.1. The van der Waals surface area contributed by atoms with Gasteiger partial charge >= 0.3 is 5.97 Å². The predicted octanol–water partition coefficient (Wildman–Crippen LogP) is 1.06. The van der Waals surface area contributed by atoms with Crippen LogP contribution < -0.4 is 10.1 Å². The Morgan fingerprint density at radius 2 is 1.95 bits per heavy atom. The van der Waals surface area contributed by atoms with Crippen molar-refractivity contribution in [2.45, 2.75) is 18.9 Å². The van der Waals surface area contributed by atoms with Crippen molar-refractivity contribution in [3.63, 3.8) is 0 Å². The first kappa shape index (κ1) is 15.3. The highest BCUT2D eigenvalue weighted by Crippen LogP contribution is 2.32. The fourth-order valence-corrected chi connectivity index (χ4v) is 1.93. The topological polar surface area (TPSA) is 84.9 Å². The van der Waals surface area contributed by atoms with E-state index >= 15 is 0 Å². The third-order valence-corrected chi connectivity index (χ3v) is 3.15. The number of aliphatic carboxylic acids is 1. The number of hydrogen-bond acceptors (Lipinski definition) is 4. The number of carbonyl (C=O) groups is 2. The molecule has 1 unspecified atom stereocenters. The summed E-state index contributed by atoms with van der Waals surface area (Å²) in [5.74, 6) is -0.592. The van der Waals surface area contributed by atoms with E-state index < -0.39 is 17.9 Å². The summed E-state index contributed by atoms with van der Waals surface area (Å²) < 4.78 is 10.6. The number of carboxylic acid groups (broad SMARTS) is 1. The summed E-state index contributed by atoms with van der Waals surface area (Å²) in [6.45, 7) is 0.445. The van der Waals surface area contributed by atoms with Crippen LogP contribution in [0.25, 0.3) is 0 Å². The molecule has 0 aromatic heterocycles. The number of nitrogens with one attached hydrogen (secondary N) is 1. The van der Waals surface area contributed by atoms with Gasteiger partial charge in [0, 0.05) is 0 Å². The Balaban J connectivity index is 1.57. The third-order valence-electron chi connectivity index (χ3n) is 3.15. The number of para-hydroxylation sites is 1. The summed E-state index contributed by atoms with van der Waals surface area (Å²) in [5.41, 5.74) is 0. The Bertz CT molecular complexity index is 472. The van der Waals surface area contributed by atoms with Gasteiger partial charge in [-0.2, -0.15) is 0 Å². The van der Waals surface area contributed by atoms with E-state index in [0.29, 0.717) is 6.61 Å². The molecule has 21 heavy (non-hydrogen) atoms. The molecular formula is C15H19NO5. The summed E-state index contributed by atoms with van der Waals surface area (Å²) in [7, 11) is 0. The van der Waals surface area contributed by atoms with E-state index in [2.05, 4.69) is 5.32 Å². The number of carboxylic acids is 1. The lowest BCUT2D eigenvalue weighted by Crippen LogP contribution is -2.44. The SMILES string of the molecule is O=C(COCCOc1ccccc1)NC(C(=O)O)C1CC1. The molecular weight excluding hydrogens is 274 g/mol. The van der Waals surface area contributed by atoms with Crippen LogP contribution >= 0.6 is 0 Å². The second-order valence-electron chi connectivity index (χ2n) is 4.93. The summed E-state index contributed by atoms with van der Waals surface area (Å²) in [5, 5.41) is 11.5. The second kappa shape index (κ2) is 7.64. The van der Waals surface area contributed by atoms with E-state index in [4.69, 9.17) is 14.6 Å². The van der Waals surface area contributed by atoms with Crippen molar-refractivity contribution < 1.29 is 24.2 Å². The minimum Gasteiger partial charge on any atom is -0.491 e. The summed E-state index contributed by atoms with van der Waals surface area (Å²) in [4.78, 5) is 22.6. The van der Waals surface area contributed by atoms with Crippen molar-refractivity contribution in [1.82, 2.24) is 5.32 Å². The zero-order valence-corrected chi connectivity index (χ0v) is 11.7. The standard InChI is InChI=1S/C15H19NO5/c17-13(16-14(15(18)19)11-6-7-11)10-20-8-9-21-12-4-2-1-3-5-12/h1-5,11,14H,6-10H2,(H,16,17)(H,18,19). The number of ether oxygens (including phenoxy) is 2. The molecule has 1 aliphatic rings. The summed E-state index contributed by atoms with van der Waals surface area (Å²) in [6, 6.07) is 8.51. The van der Waals surface area contributed by atoms with Gasteiger partial charge in [-0.25, -0.2) is 4.79 Å². The molecule has 1 atom stereocenters. The van der Waals surface area contributed by atoms with Gasteiger partial charge in [-0.05, 0) is 30.9 Å². The first-order valence-electron chi connectivity index (χ1n) is 6.94. The minimum absolute atomic E-state index is 0.0628. The Kier molecular flexibility index (Phi) is 5.57. The van der Waals surface area contributed by atoms with E-state index in [1.54, 1.807) is 0 Å². The van der Waals surface area contributed by atoms with Gasteiger partial charge in [0.25, 0.3) is 0 Å². The molecule has 1 fully saturated rings. The summed E-state index contributed by atoms with van der Waals surface area (Å²) >= 11 is 0. The maximum absolute atomic E-state index is 11.6. The molecule has 0 aliphatic heterocycles. The van der Waals surface area contributed by atoms with Crippen LogP contribution in [0.1, 0.15) is 12.8 Å². The average molecular weight is 293 g/mol. The van der Waals surface area contributed by atoms with Gasteiger partial charge in [-0.3, -0.25) is 4.79 Å². The lowest BCUT2D eigenvalue weighted by molar-refractivity contribution is -0.143. The van der Waals surface area contributed by atoms with Crippen molar-refractivity contribution in [1.29, 1.82) is 0 Å². The van der Waals surface area contributed by atoms with Gasteiger partial charge < -0.3 is 19.9 Å². The molecule has 1 amide bonds. The van der Waals surface area contributed by atoms with Gasteiger partial charge in [0.15, 0.2) is 0 Å². The lowest BCUT2D eigenvalue weighted by Gasteiger charge is -2.13. The largest absolute Gasteiger partial charge is 0.491 e. The Hall–Kier alpha value is -2.08. The predicted molar refractivity (Wildman–Crippen MR) is 75.0 cm³/mol. The highest BCUT2D eigenvalue weighted by atomic mass is 16.5. The van der Waals surface area contributed by atoms with E-state index in [0.717, 1.165) is 18.6 Å². The van der Waals surface area contributed by atoms with Crippen LogP contribution in [0.4, 0.5) is 0 Å². The maximum atomic E-state index is 11.6. The molecule has 0 radical (unpaired) electrons. The van der Waals surface area contributed by atoms with Crippen molar-refractivity contribution in [3.05, 3.63) is 30.3 Å². The fourth-order valence-electron chi connectivity index (χ4n) is 1.93. The van der Waals surface area contributed by atoms with Crippen LogP contribution in [0.15, 0.2) is 30.3 Å². The zero-order valence-electron chi connectivity index (χ0n) is 11.7. The number of benzene rings is 1. The number of hydrogen-bond donors (Lipinski definition) is 2. The molecule has 0 heterocycles. The second-order valence-corrected chi connectivity index (χ2v) is 4.93. The molecule has 1 aromatic carbocycles. The maximum Gasteiger partial charge on any atom is 0.326 e. The fraction of sp³-hybridized carbons (Fsp3) is 0.467. The van der Waals surface area contributed by atoms with Crippen molar-refractivity contribution in [2.24, 2.45) is 5.92 Å². The molecule has 114 valence electrons. The van der Waals surface area contributed by atoms with E-state index in [-0.39, 0.29) is 19.1 Å². The Morgan fingerprint density at radius 1 is 1.24 bits per heavy atom. The molecule has 2 N–H and O–H groups in total. The molecule has 1 aromatic rings. The smallest absolute Gasteiger partial charge is 0.326 e. The van der Waals surface area contributed by atoms with Gasteiger partial charge in [0.2, 0.25) is 5.91 Å². The van der Waals surface area contributed by atoms with E-state index in [1.165, 1.54) is 0 Å². The molecule has 1 saturated carbocycles. The van der Waals surface area contributed by atoms with Crippen LogP contribution in [-0.4, -0.2) is 42.8 Å². The molecule has 2 rings (SSSR count). The minimum atomic E-state index is -0.988. The molecule has 6 nitrogen and oxygen atoms in total. The van der Waals surface area contributed by atoms with Crippen LogP contribution in [0.5, 0.6) is 5.75 Å². The molecule has 0 saturated heterocycles. The van der Waals surface area contributed by atoms with Crippen LogP contribution in [0.2, 0.25) is 0 Å². The normalized spacial score (nSPS) is 15.2. The molecule has 0 spiro atoms. The van der Waals surface area contributed by atoms with E-state index in [9.17, 15) is 9.59 Å². The van der Waals surface area contributed by atoms with Gasteiger partial charge in [-0.15, -0.1) is 0 Å². The third kappa shape index (κ3) is 5.43. The van der Waals surface area contributed by atoms with Gasteiger partial charge in [0.05, 0.1) is 6.61 Å². The van der Waals surface area contributed by atoms with Crippen LogP contribution in [0.3, 0.4) is 0 Å². The quantitative estimate of drug-likeness (QED) is 0.665. The van der Waals surface area contributed by atoms with Gasteiger partial charge in [0.1, 0.15) is 25.0 Å². The number of rotatable bonds is 9. The first-order chi connectivity index (χ1) is 10.2. The molecule has 1 aliphatic carbocycles. The van der Waals surface area contributed by atoms with Crippen molar-refractivity contribution in [2.75, 3.05) is 19.8 Å². The average Bonchev–Trinajstić information content (AvgIpc) is 3.30. The first-order valence-corrected chi connectivity index (χ1v) is 6.94. The monoisotopic (exact) mass is 293 g/mol.